The molecule has 0 saturated carbocycles. The van der Waals surface area contributed by atoms with Gasteiger partial charge in [0.25, 0.3) is 0 Å². The molecule has 0 saturated heterocycles. The van der Waals surface area contributed by atoms with Crippen LogP contribution in [0.1, 0.15) is 25.3 Å². The van der Waals surface area contributed by atoms with Gasteiger partial charge >= 0.3 is 0 Å². The third kappa shape index (κ3) is 1.46. The van der Waals surface area contributed by atoms with Crippen molar-refractivity contribution in [3.63, 3.8) is 0 Å². The lowest BCUT2D eigenvalue weighted by atomic mass is 10.0. The molecular formula is C10H11FN2S. The predicted molar refractivity (Wildman–Crippen MR) is 58.1 cm³/mol. The van der Waals surface area contributed by atoms with E-state index in [1.54, 1.807) is 0 Å². The Balaban J connectivity index is 2.71. The van der Waals surface area contributed by atoms with Gasteiger partial charge in [-0.1, -0.05) is 25.2 Å². The minimum absolute atomic E-state index is 0.279. The van der Waals surface area contributed by atoms with E-state index in [1.165, 1.54) is 17.4 Å². The number of hydrogen-bond donors (Lipinski definition) is 1. The molecule has 0 bridgehead atoms. The van der Waals surface area contributed by atoms with E-state index in [-0.39, 0.29) is 5.82 Å². The minimum atomic E-state index is -0.279. The summed E-state index contributed by atoms with van der Waals surface area (Å²) in [6, 6.07) is 3.49. The Labute approximate surface area is 85.6 Å². The topological polar surface area (TPSA) is 38.9 Å². The minimum Gasteiger partial charge on any atom is -0.375 e. The predicted octanol–water partition coefficient (Wildman–Crippen LogP) is 3.14. The first-order valence-corrected chi connectivity index (χ1v) is 5.25. The molecule has 0 aliphatic carbocycles. The van der Waals surface area contributed by atoms with Gasteiger partial charge in [0.2, 0.25) is 0 Å². The standard InChI is InChI=1S/C10H11FN2S/c1-5(2)6-3-7(11)9-8(4-6)14-10(12)13-9/h3-5H,1-2H3,(H2,12,13). The molecule has 0 spiro atoms. The molecule has 2 rings (SSSR count). The Morgan fingerprint density at radius 3 is 2.79 bits per heavy atom. The van der Waals surface area contributed by atoms with Crippen LogP contribution in [0.2, 0.25) is 0 Å². The van der Waals surface area contributed by atoms with Crippen molar-refractivity contribution < 1.29 is 4.39 Å². The summed E-state index contributed by atoms with van der Waals surface area (Å²) in [4.78, 5) is 3.93. The van der Waals surface area contributed by atoms with Gasteiger partial charge < -0.3 is 5.73 Å². The maximum atomic E-state index is 13.5. The molecule has 0 fully saturated rings. The van der Waals surface area contributed by atoms with Crippen molar-refractivity contribution in [1.82, 2.24) is 4.98 Å². The van der Waals surface area contributed by atoms with E-state index < -0.39 is 0 Å². The lowest BCUT2D eigenvalue weighted by Crippen LogP contribution is -1.89. The fraction of sp³-hybridized carbons (Fsp3) is 0.300. The van der Waals surface area contributed by atoms with Crippen LogP contribution in [-0.2, 0) is 0 Å². The average Bonchev–Trinajstić information content (AvgIpc) is 2.45. The Bertz CT molecular complexity index is 476. The number of halogens is 1. The molecular weight excluding hydrogens is 199 g/mol. The van der Waals surface area contributed by atoms with Crippen LogP contribution in [0.3, 0.4) is 0 Å². The summed E-state index contributed by atoms with van der Waals surface area (Å²) in [6.07, 6.45) is 0. The van der Waals surface area contributed by atoms with E-state index in [1.807, 2.05) is 19.9 Å². The van der Waals surface area contributed by atoms with Gasteiger partial charge in [-0.05, 0) is 23.6 Å². The molecule has 14 heavy (non-hydrogen) atoms. The van der Waals surface area contributed by atoms with E-state index in [0.717, 1.165) is 10.3 Å². The second kappa shape index (κ2) is 3.20. The Morgan fingerprint density at radius 1 is 1.43 bits per heavy atom. The summed E-state index contributed by atoms with van der Waals surface area (Å²) in [5.74, 6) is 0.0383. The van der Waals surface area contributed by atoms with Crippen molar-refractivity contribution in [2.24, 2.45) is 0 Å². The second-order valence-electron chi connectivity index (χ2n) is 3.56. The molecule has 2 nitrogen and oxygen atoms in total. The highest BCUT2D eigenvalue weighted by Crippen LogP contribution is 2.29. The highest BCUT2D eigenvalue weighted by atomic mass is 32.1. The van der Waals surface area contributed by atoms with Crippen LogP contribution >= 0.6 is 11.3 Å². The first kappa shape index (κ1) is 9.40. The van der Waals surface area contributed by atoms with Gasteiger partial charge in [-0.2, -0.15) is 0 Å². The molecule has 0 unspecified atom stereocenters. The van der Waals surface area contributed by atoms with Crippen LogP contribution in [0, 0.1) is 5.82 Å². The van der Waals surface area contributed by atoms with Crippen molar-refractivity contribution in [3.05, 3.63) is 23.5 Å². The third-order valence-corrected chi connectivity index (χ3v) is 2.99. The number of fused-ring (bicyclic) bond motifs is 1. The summed E-state index contributed by atoms with van der Waals surface area (Å²) < 4.78 is 14.3. The quantitative estimate of drug-likeness (QED) is 0.785. The number of nitrogen functional groups attached to an aromatic ring is 1. The fourth-order valence-corrected chi connectivity index (χ4v) is 2.16. The fourth-order valence-electron chi connectivity index (χ4n) is 1.36. The van der Waals surface area contributed by atoms with E-state index in [9.17, 15) is 4.39 Å². The van der Waals surface area contributed by atoms with E-state index in [4.69, 9.17) is 5.73 Å². The molecule has 4 heteroatoms. The van der Waals surface area contributed by atoms with Gasteiger partial charge in [0.15, 0.2) is 10.9 Å². The van der Waals surface area contributed by atoms with Gasteiger partial charge in [0.1, 0.15) is 5.52 Å². The summed E-state index contributed by atoms with van der Waals surface area (Å²) >= 11 is 1.32. The molecule has 74 valence electrons. The summed E-state index contributed by atoms with van der Waals surface area (Å²) in [6.45, 7) is 4.07. The number of nitrogens with two attached hydrogens (primary N) is 1. The normalized spacial score (nSPS) is 11.4. The number of aromatic nitrogens is 1. The zero-order valence-corrected chi connectivity index (χ0v) is 8.86. The van der Waals surface area contributed by atoms with Crippen molar-refractivity contribution in [2.75, 3.05) is 5.73 Å². The zero-order valence-electron chi connectivity index (χ0n) is 8.04. The van der Waals surface area contributed by atoms with E-state index >= 15 is 0 Å². The smallest absolute Gasteiger partial charge is 0.181 e. The molecule has 2 N–H and O–H groups in total. The van der Waals surface area contributed by atoms with Crippen molar-refractivity contribution >= 4 is 26.7 Å². The highest BCUT2D eigenvalue weighted by Gasteiger charge is 2.10. The number of benzene rings is 1. The van der Waals surface area contributed by atoms with E-state index in [2.05, 4.69) is 4.98 Å². The summed E-state index contributed by atoms with van der Waals surface area (Å²) in [5.41, 5.74) is 6.90. The SMILES string of the molecule is CC(C)c1cc(F)c2nc(N)sc2c1. The molecule has 1 aromatic heterocycles. The Hall–Kier alpha value is -1.16. The first-order valence-electron chi connectivity index (χ1n) is 4.43. The monoisotopic (exact) mass is 210 g/mol. The van der Waals surface area contributed by atoms with Crippen LogP contribution in [0.25, 0.3) is 10.2 Å². The molecule has 0 atom stereocenters. The van der Waals surface area contributed by atoms with Crippen molar-refractivity contribution in [2.45, 2.75) is 19.8 Å². The molecule has 2 aromatic rings. The lowest BCUT2D eigenvalue weighted by molar-refractivity contribution is 0.633. The lowest BCUT2D eigenvalue weighted by Gasteiger charge is -2.04. The molecule has 0 aliphatic rings. The van der Waals surface area contributed by atoms with Crippen molar-refractivity contribution in [3.8, 4) is 0 Å². The molecule has 0 aliphatic heterocycles. The number of hydrogen-bond acceptors (Lipinski definition) is 3. The molecule has 0 radical (unpaired) electrons. The average molecular weight is 210 g/mol. The highest BCUT2D eigenvalue weighted by molar-refractivity contribution is 7.22. The largest absolute Gasteiger partial charge is 0.375 e. The van der Waals surface area contributed by atoms with Crippen LogP contribution < -0.4 is 5.73 Å². The van der Waals surface area contributed by atoms with Gasteiger partial charge in [-0.15, -0.1) is 0 Å². The Morgan fingerprint density at radius 2 is 2.14 bits per heavy atom. The first-order chi connectivity index (χ1) is 6.58. The maximum absolute atomic E-state index is 13.5. The van der Waals surface area contributed by atoms with Crippen LogP contribution in [0.15, 0.2) is 12.1 Å². The zero-order chi connectivity index (χ0) is 10.3. The third-order valence-electron chi connectivity index (χ3n) is 2.15. The number of anilines is 1. The number of rotatable bonds is 1. The van der Waals surface area contributed by atoms with E-state index in [0.29, 0.717) is 16.6 Å². The number of nitrogens with zero attached hydrogens (tertiary/aromatic N) is 1. The van der Waals surface area contributed by atoms with Gasteiger partial charge in [0.05, 0.1) is 4.70 Å². The second-order valence-corrected chi connectivity index (χ2v) is 4.62. The van der Waals surface area contributed by atoms with Crippen LogP contribution in [0.4, 0.5) is 9.52 Å². The number of thiazole rings is 1. The molecule has 1 heterocycles. The molecule has 1 aromatic carbocycles. The summed E-state index contributed by atoms with van der Waals surface area (Å²) in [5, 5.41) is 0.416. The molecule has 0 amide bonds. The van der Waals surface area contributed by atoms with Gasteiger partial charge in [0, 0.05) is 0 Å². The maximum Gasteiger partial charge on any atom is 0.181 e. The van der Waals surface area contributed by atoms with Gasteiger partial charge in [-0.3, -0.25) is 0 Å². The van der Waals surface area contributed by atoms with Crippen LogP contribution in [-0.4, -0.2) is 4.98 Å². The summed E-state index contributed by atoms with van der Waals surface area (Å²) in [7, 11) is 0. The Kier molecular flexibility index (Phi) is 2.15. The van der Waals surface area contributed by atoms with Crippen LogP contribution in [0.5, 0.6) is 0 Å². The van der Waals surface area contributed by atoms with Gasteiger partial charge in [-0.25, -0.2) is 9.37 Å². The van der Waals surface area contributed by atoms with Crippen molar-refractivity contribution in [1.29, 1.82) is 0 Å².